The van der Waals surface area contributed by atoms with Gasteiger partial charge < -0.3 is 5.32 Å². The van der Waals surface area contributed by atoms with Gasteiger partial charge in [-0.2, -0.15) is 0 Å². The SMILES string of the molecule is CC(C)c1ccccc1-c1cn(C(=O)Nc2ccc(Cc3ccccc3)cc2)c2ccccc12. The number of para-hydroxylation sites is 1. The highest BCUT2D eigenvalue weighted by Crippen LogP contribution is 2.35. The van der Waals surface area contributed by atoms with E-state index in [1.165, 1.54) is 22.3 Å². The lowest BCUT2D eigenvalue weighted by Gasteiger charge is -2.12. The maximum absolute atomic E-state index is 13.3. The van der Waals surface area contributed by atoms with Crippen LogP contribution in [0.3, 0.4) is 0 Å². The molecule has 0 bridgehead atoms. The zero-order valence-electron chi connectivity index (χ0n) is 19.5. The second-order valence-corrected chi connectivity index (χ2v) is 8.96. The summed E-state index contributed by atoms with van der Waals surface area (Å²) in [5.74, 6) is 0.390. The lowest BCUT2D eigenvalue weighted by molar-refractivity contribution is 0.254. The predicted molar refractivity (Wildman–Crippen MR) is 142 cm³/mol. The molecule has 4 aromatic carbocycles. The number of fused-ring (bicyclic) bond motifs is 1. The van der Waals surface area contributed by atoms with Crippen LogP contribution in [-0.2, 0) is 6.42 Å². The first-order chi connectivity index (χ1) is 16.6. The number of amides is 1. The Bertz CT molecular complexity index is 1430. The summed E-state index contributed by atoms with van der Waals surface area (Å²) in [5.41, 5.74) is 7.69. The van der Waals surface area contributed by atoms with Crippen LogP contribution in [0, 0.1) is 0 Å². The molecule has 1 heterocycles. The molecule has 0 unspecified atom stereocenters. The summed E-state index contributed by atoms with van der Waals surface area (Å²) in [6, 6.07) is 34.8. The van der Waals surface area contributed by atoms with Crippen LogP contribution in [0.1, 0.15) is 36.5 Å². The number of nitrogens with zero attached hydrogens (tertiary/aromatic N) is 1. The van der Waals surface area contributed by atoms with Gasteiger partial charge in [0.15, 0.2) is 0 Å². The maximum Gasteiger partial charge on any atom is 0.330 e. The minimum Gasteiger partial charge on any atom is -0.307 e. The smallest absolute Gasteiger partial charge is 0.307 e. The third-order valence-corrected chi connectivity index (χ3v) is 6.26. The molecule has 34 heavy (non-hydrogen) atoms. The Kier molecular flexibility index (Phi) is 6.01. The Labute approximate surface area is 200 Å². The molecule has 0 saturated heterocycles. The average molecular weight is 445 g/mol. The van der Waals surface area contributed by atoms with Crippen LogP contribution in [0.25, 0.3) is 22.0 Å². The largest absolute Gasteiger partial charge is 0.330 e. The van der Waals surface area contributed by atoms with Crippen molar-refractivity contribution in [1.29, 1.82) is 0 Å². The van der Waals surface area contributed by atoms with Crippen LogP contribution < -0.4 is 5.32 Å². The summed E-state index contributed by atoms with van der Waals surface area (Å²) in [7, 11) is 0. The lowest BCUT2D eigenvalue weighted by Crippen LogP contribution is -2.18. The van der Waals surface area contributed by atoms with Crippen LogP contribution >= 0.6 is 0 Å². The van der Waals surface area contributed by atoms with Crippen molar-refractivity contribution in [1.82, 2.24) is 4.57 Å². The van der Waals surface area contributed by atoms with Crippen molar-refractivity contribution in [3.8, 4) is 11.1 Å². The molecule has 1 amide bonds. The maximum atomic E-state index is 13.3. The van der Waals surface area contributed by atoms with E-state index in [0.29, 0.717) is 5.92 Å². The highest BCUT2D eigenvalue weighted by molar-refractivity contribution is 6.05. The first kappa shape index (κ1) is 21.7. The Morgan fingerprint density at radius 2 is 1.38 bits per heavy atom. The molecule has 3 heteroatoms. The van der Waals surface area contributed by atoms with E-state index in [1.54, 1.807) is 4.57 Å². The number of nitrogens with one attached hydrogen (secondary N) is 1. The number of hydrogen-bond acceptors (Lipinski definition) is 1. The molecule has 3 nitrogen and oxygen atoms in total. The van der Waals surface area contributed by atoms with E-state index in [9.17, 15) is 4.79 Å². The van der Waals surface area contributed by atoms with Gasteiger partial charge in [0, 0.05) is 22.8 Å². The Morgan fingerprint density at radius 3 is 2.15 bits per heavy atom. The quantitative estimate of drug-likeness (QED) is 0.292. The number of hydrogen-bond donors (Lipinski definition) is 1. The molecular formula is C31H28N2O. The molecule has 0 aliphatic carbocycles. The van der Waals surface area contributed by atoms with Crippen molar-refractivity contribution in [3.63, 3.8) is 0 Å². The second-order valence-electron chi connectivity index (χ2n) is 8.96. The highest BCUT2D eigenvalue weighted by atomic mass is 16.2. The summed E-state index contributed by atoms with van der Waals surface area (Å²) in [4.78, 5) is 13.3. The molecule has 0 fully saturated rings. The van der Waals surface area contributed by atoms with Crippen LogP contribution in [0.5, 0.6) is 0 Å². The van der Waals surface area contributed by atoms with Crippen LogP contribution in [0.15, 0.2) is 109 Å². The van der Waals surface area contributed by atoms with E-state index in [4.69, 9.17) is 0 Å². The second kappa shape index (κ2) is 9.40. The van der Waals surface area contributed by atoms with Crippen molar-refractivity contribution in [3.05, 3.63) is 126 Å². The fraction of sp³-hybridized carbons (Fsp3) is 0.129. The summed E-state index contributed by atoms with van der Waals surface area (Å²) >= 11 is 0. The molecule has 0 saturated carbocycles. The van der Waals surface area contributed by atoms with E-state index in [-0.39, 0.29) is 6.03 Å². The van der Waals surface area contributed by atoms with Gasteiger partial charge >= 0.3 is 6.03 Å². The third-order valence-electron chi connectivity index (χ3n) is 6.26. The van der Waals surface area contributed by atoms with Crippen molar-refractivity contribution in [2.24, 2.45) is 0 Å². The first-order valence-electron chi connectivity index (χ1n) is 11.7. The molecule has 1 aromatic heterocycles. The van der Waals surface area contributed by atoms with Crippen LogP contribution in [0.4, 0.5) is 10.5 Å². The van der Waals surface area contributed by atoms with Crippen molar-refractivity contribution in [2.75, 3.05) is 5.32 Å². The van der Waals surface area contributed by atoms with E-state index < -0.39 is 0 Å². The summed E-state index contributed by atoms with van der Waals surface area (Å²) < 4.78 is 1.72. The number of carbonyl (C=O) groups excluding carboxylic acids is 1. The number of rotatable bonds is 5. The monoisotopic (exact) mass is 444 g/mol. The highest BCUT2D eigenvalue weighted by Gasteiger charge is 2.17. The number of benzene rings is 4. The lowest BCUT2D eigenvalue weighted by atomic mass is 9.92. The number of aromatic nitrogens is 1. The normalized spacial score (nSPS) is 11.1. The van der Waals surface area contributed by atoms with Gasteiger partial charge in [0.2, 0.25) is 0 Å². The standard InChI is InChI=1S/C31H28N2O/c1-22(2)26-12-6-7-13-27(26)29-21-33(30-15-9-8-14-28(29)30)31(34)32-25-18-16-24(17-19-25)20-23-10-4-3-5-11-23/h3-19,21-22H,20H2,1-2H3,(H,32,34). The fourth-order valence-corrected chi connectivity index (χ4v) is 4.53. The predicted octanol–water partition coefficient (Wildman–Crippen LogP) is 8.10. The number of anilines is 1. The fourth-order valence-electron chi connectivity index (χ4n) is 4.53. The minimum atomic E-state index is -0.166. The van der Waals surface area contributed by atoms with E-state index in [2.05, 4.69) is 85.9 Å². The number of carbonyl (C=O) groups is 1. The summed E-state index contributed by atoms with van der Waals surface area (Å²) in [6.45, 7) is 4.40. The van der Waals surface area contributed by atoms with Crippen molar-refractivity contribution < 1.29 is 4.79 Å². The van der Waals surface area contributed by atoms with Gasteiger partial charge in [-0.25, -0.2) is 4.79 Å². The molecule has 0 aliphatic heterocycles. The van der Waals surface area contributed by atoms with Crippen molar-refractivity contribution in [2.45, 2.75) is 26.2 Å². The molecule has 0 radical (unpaired) electrons. The van der Waals surface area contributed by atoms with Gasteiger partial charge in [-0.05, 0) is 52.8 Å². The van der Waals surface area contributed by atoms with E-state index >= 15 is 0 Å². The summed E-state index contributed by atoms with van der Waals surface area (Å²) in [5, 5.41) is 4.14. The zero-order valence-corrected chi connectivity index (χ0v) is 19.5. The zero-order chi connectivity index (χ0) is 23.5. The van der Waals surface area contributed by atoms with Gasteiger partial charge in [0.1, 0.15) is 0 Å². The molecule has 1 N–H and O–H groups in total. The molecule has 0 aliphatic rings. The van der Waals surface area contributed by atoms with E-state index in [1.807, 2.05) is 42.6 Å². The Balaban J connectivity index is 1.43. The van der Waals surface area contributed by atoms with Gasteiger partial charge in [-0.3, -0.25) is 4.57 Å². The van der Waals surface area contributed by atoms with E-state index in [0.717, 1.165) is 28.6 Å². The Hall–Kier alpha value is -4.11. The molecular weight excluding hydrogens is 416 g/mol. The molecule has 168 valence electrons. The molecule has 0 atom stereocenters. The average Bonchev–Trinajstić information content (AvgIpc) is 3.26. The van der Waals surface area contributed by atoms with Gasteiger partial charge in [-0.1, -0.05) is 98.8 Å². The van der Waals surface area contributed by atoms with Gasteiger partial charge in [0.05, 0.1) is 5.52 Å². The molecule has 5 rings (SSSR count). The molecule has 0 spiro atoms. The third kappa shape index (κ3) is 4.38. The minimum absolute atomic E-state index is 0.166. The summed E-state index contributed by atoms with van der Waals surface area (Å²) in [6.07, 6.45) is 2.83. The van der Waals surface area contributed by atoms with Gasteiger partial charge in [0.25, 0.3) is 0 Å². The van der Waals surface area contributed by atoms with Crippen LogP contribution in [-0.4, -0.2) is 10.6 Å². The van der Waals surface area contributed by atoms with Crippen LogP contribution in [0.2, 0.25) is 0 Å². The molecule has 5 aromatic rings. The van der Waals surface area contributed by atoms with Gasteiger partial charge in [-0.15, -0.1) is 0 Å². The Morgan fingerprint density at radius 1 is 0.735 bits per heavy atom. The first-order valence-corrected chi connectivity index (χ1v) is 11.7. The van der Waals surface area contributed by atoms with Crippen molar-refractivity contribution >= 4 is 22.6 Å². The topological polar surface area (TPSA) is 34.0 Å².